The van der Waals surface area contributed by atoms with E-state index in [4.69, 9.17) is 4.43 Å². The number of hydrogen-bond donors (Lipinski definition) is 0. The van der Waals surface area contributed by atoms with Crippen LogP contribution in [0.3, 0.4) is 0 Å². The molecule has 27 heavy (non-hydrogen) atoms. The fourth-order valence-electron chi connectivity index (χ4n) is 7.11. The van der Waals surface area contributed by atoms with E-state index in [9.17, 15) is 0 Å². The molecule has 5 rings (SSSR count). The lowest BCUT2D eigenvalue weighted by atomic mass is 9.39. The summed E-state index contributed by atoms with van der Waals surface area (Å²) in [5.41, 5.74) is 3.05. The summed E-state index contributed by atoms with van der Waals surface area (Å²) >= 11 is 3.87. The van der Waals surface area contributed by atoms with E-state index in [1.54, 1.807) is 5.56 Å². The van der Waals surface area contributed by atoms with Crippen molar-refractivity contribution in [2.75, 3.05) is 0 Å². The Kier molecular flexibility index (Phi) is 4.35. The normalized spacial score (nSPS) is 38.3. The molecule has 150 valence electrons. The van der Waals surface area contributed by atoms with Crippen LogP contribution < -0.4 is 4.43 Å². The number of halogens is 1. The average Bonchev–Trinajstić information content (AvgIpc) is 2.44. The van der Waals surface area contributed by atoms with E-state index in [0.717, 1.165) is 16.1 Å². The van der Waals surface area contributed by atoms with Crippen molar-refractivity contribution >= 4 is 24.2 Å². The third kappa shape index (κ3) is 3.35. The molecule has 1 aromatic rings. The summed E-state index contributed by atoms with van der Waals surface area (Å²) < 4.78 is 7.75. The van der Waals surface area contributed by atoms with Crippen molar-refractivity contribution in [1.29, 1.82) is 0 Å². The molecule has 2 unspecified atom stereocenters. The van der Waals surface area contributed by atoms with Gasteiger partial charge in [0.25, 0.3) is 8.32 Å². The summed E-state index contributed by atoms with van der Waals surface area (Å²) in [6.07, 6.45) is 8.50. The molecule has 0 radical (unpaired) electrons. The summed E-state index contributed by atoms with van der Waals surface area (Å²) in [7, 11) is -1.82. The summed E-state index contributed by atoms with van der Waals surface area (Å²) in [5, 5.41) is 0.216. The lowest BCUT2D eigenvalue weighted by molar-refractivity contribution is -0.110. The van der Waals surface area contributed by atoms with E-state index in [0.29, 0.717) is 16.2 Å². The van der Waals surface area contributed by atoms with Crippen molar-refractivity contribution in [2.24, 2.45) is 16.7 Å². The number of benzene rings is 1. The van der Waals surface area contributed by atoms with Crippen LogP contribution in [0.25, 0.3) is 0 Å². The van der Waals surface area contributed by atoms with Crippen LogP contribution in [0.2, 0.25) is 18.1 Å². The molecule has 4 aliphatic carbocycles. The van der Waals surface area contributed by atoms with Gasteiger partial charge in [-0.25, -0.2) is 0 Å². The zero-order chi connectivity index (χ0) is 19.9. The van der Waals surface area contributed by atoms with Crippen LogP contribution in [-0.4, -0.2) is 8.32 Å². The van der Waals surface area contributed by atoms with Crippen LogP contribution in [-0.2, 0) is 5.41 Å². The first kappa shape index (κ1) is 20.0. The summed E-state index contributed by atoms with van der Waals surface area (Å²) in [4.78, 5) is 0. The van der Waals surface area contributed by atoms with E-state index in [2.05, 4.69) is 81.8 Å². The minimum atomic E-state index is -1.82. The molecule has 4 fully saturated rings. The molecule has 0 amide bonds. The van der Waals surface area contributed by atoms with Crippen LogP contribution in [0.5, 0.6) is 5.75 Å². The molecule has 3 heteroatoms. The molecule has 4 bridgehead atoms. The van der Waals surface area contributed by atoms with Crippen molar-refractivity contribution in [3.63, 3.8) is 0 Å². The third-order valence-electron chi connectivity index (χ3n) is 8.34. The second-order valence-electron chi connectivity index (χ2n) is 12.4. The Morgan fingerprint density at radius 3 is 2.07 bits per heavy atom. The minimum absolute atomic E-state index is 0.216. The van der Waals surface area contributed by atoms with Gasteiger partial charge in [-0.1, -0.05) is 40.7 Å². The molecule has 0 spiro atoms. The van der Waals surface area contributed by atoms with Gasteiger partial charge >= 0.3 is 0 Å². The average molecular weight is 450 g/mol. The third-order valence-corrected chi connectivity index (χ3v) is 13.3. The van der Waals surface area contributed by atoms with E-state index >= 15 is 0 Å². The summed E-state index contributed by atoms with van der Waals surface area (Å²) in [6, 6.07) is 7.05. The highest BCUT2D eigenvalue weighted by atomic mass is 79.9. The minimum Gasteiger partial charge on any atom is -0.543 e. The zero-order valence-corrected chi connectivity index (χ0v) is 20.9. The Labute approximate surface area is 175 Å². The number of rotatable bonds is 3. The Balaban J connectivity index is 1.66. The molecule has 0 aromatic heterocycles. The Hall–Kier alpha value is -0.283. The summed E-state index contributed by atoms with van der Waals surface area (Å²) in [6.45, 7) is 16.7. The van der Waals surface area contributed by atoms with Gasteiger partial charge in [-0.3, -0.25) is 0 Å². The fraction of sp³-hybridized carbons (Fsp3) is 0.750. The van der Waals surface area contributed by atoms with E-state index in [1.165, 1.54) is 38.5 Å². The van der Waals surface area contributed by atoms with Crippen LogP contribution in [0.15, 0.2) is 22.7 Å². The molecule has 1 nitrogen and oxygen atoms in total. The van der Waals surface area contributed by atoms with Crippen molar-refractivity contribution in [3.05, 3.63) is 28.2 Å². The van der Waals surface area contributed by atoms with Crippen LogP contribution in [0.4, 0.5) is 0 Å². The Bertz CT molecular complexity index is 744. The summed E-state index contributed by atoms with van der Waals surface area (Å²) in [5.74, 6) is 1.96. The molecule has 4 saturated carbocycles. The lowest BCUT2D eigenvalue weighted by Crippen LogP contribution is -2.56. The number of hydrogen-bond acceptors (Lipinski definition) is 1. The van der Waals surface area contributed by atoms with Crippen LogP contribution in [0, 0.1) is 16.7 Å². The van der Waals surface area contributed by atoms with Gasteiger partial charge in [0.2, 0.25) is 0 Å². The lowest BCUT2D eigenvalue weighted by Gasteiger charge is -2.65. The van der Waals surface area contributed by atoms with Crippen molar-refractivity contribution in [1.82, 2.24) is 0 Å². The zero-order valence-electron chi connectivity index (χ0n) is 18.3. The van der Waals surface area contributed by atoms with Gasteiger partial charge in [-0.05, 0) is 112 Å². The van der Waals surface area contributed by atoms with Crippen LogP contribution >= 0.6 is 15.9 Å². The van der Waals surface area contributed by atoms with Crippen molar-refractivity contribution in [2.45, 2.75) is 96.7 Å². The first-order valence-corrected chi connectivity index (χ1v) is 14.4. The largest absolute Gasteiger partial charge is 0.543 e. The van der Waals surface area contributed by atoms with Gasteiger partial charge in [-0.15, -0.1) is 0 Å². The molecule has 0 saturated heterocycles. The molecule has 2 atom stereocenters. The Morgan fingerprint density at radius 2 is 1.59 bits per heavy atom. The standard InChI is InChI=1S/C24H37BrOSi/c1-21(2,3)27(6,7)26-20-9-8-18(10-19(20)25)24-13-17-11-22(4,15-24)14-23(5,12-17)16-24/h8-10,17H,11-16H2,1-7H3. The maximum Gasteiger partial charge on any atom is 0.250 e. The second kappa shape index (κ2) is 5.87. The predicted octanol–water partition coefficient (Wildman–Crippen LogP) is 8.08. The highest BCUT2D eigenvalue weighted by Crippen LogP contribution is 2.70. The van der Waals surface area contributed by atoms with E-state index < -0.39 is 8.32 Å². The van der Waals surface area contributed by atoms with Crippen LogP contribution in [0.1, 0.15) is 78.7 Å². The maximum atomic E-state index is 6.60. The van der Waals surface area contributed by atoms with Gasteiger partial charge in [-0.2, -0.15) is 0 Å². The first-order chi connectivity index (χ1) is 12.3. The van der Waals surface area contributed by atoms with Gasteiger partial charge in [0.15, 0.2) is 0 Å². The second-order valence-corrected chi connectivity index (χ2v) is 18.0. The molecule has 0 heterocycles. The molecular weight excluding hydrogens is 412 g/mol. The van der Waals surface area contributed by atoms with Gasteiger partial charge in [0.1, 0.15) is 5.75 Å². The van der Waals surface area contributed by atoms with Gasteiger partial charge < -0.3 is 4.43 Å². The molecule has 0 aliphatic heterocycles. The quantitative estimate of drug-likeness (QED) is 0.424. The fourth-order valence-corrected chi connectivity index (χ4v) is 8.75. The molecular formula is C24H37BrOSi. The molecule has 1 aromatic carbocycles. The predicted molar refractivity (Wildman–Crippen MR) is 121 cm³/mol. The van der Waals surface area contributed by atoms with Crippen molar-refractivity contribution in [3.8, 4) is 5.75 Å². The highest BCUT2D eigenvalue weighted by Gasteiger charge is 2.60. The maximum absolute atomic E-state index is 6.60. The van der Waals surface area contributed by atoms with E-state index in [-0.39, 0.29) is 5.04 Å². The SMILES string of the molecule is CC12CC3CC(C)(C1)CC(c1ccc(O[Si](C)(C)C(C)(C)C)c(Br)c1)(C3)C2. The van der Waals surface area contributed by atoms with E-state index in [1.807, 2.05) is 0 Å². The van der Waals surface area contributed by atoms with Crippen molar-refractivity contribution < 1.29 is 4.43 Å². The monoisotopic (exact) mass is 448 g/mol. The molecule has 4 aliphatic rings. The van der Waals surface area contributed by atoms with Gasteiger partial charge in [0.05, 0.1) is 4.47 Å². The Morgan fingerprint density at radius 1 is 1.00 bits per heavy atom. The van der Waals surface area contributed by atoms with Gasteiger partial charge in [0, 0.05) is 0 Å². The topological polar surface area (TPSA) is 9.23 Å². The highest BCUT2D eigenvalue weighted by molar-refractivity contribution is 9.10. The first-order valence-electron chi connectivity index (χ1n) is 10.7. The smallest absolute Gasteiger partial charge is 0.250 e. The molecule has 0 N–H and O–H groups in total.